The van der Waals surface area contributed by atoms with Gasteiger partial charge in [-0.15, -0.1) is 0 Å². The molecule has 0 aliphatic carbocycles. The Bertz CT molecular complexity index is 985. The smallest absolute Gasteiger partial charge is 0.326 e. The summed E-state index contributed by atoms with van der Waals surface area (Å²) in [6.07, 6.45) is 0. The fourth-order valence-electron chi connectivity index (χ4n) is 2.49. The molecule has 0 aliphatic rings. The molecule has 0 saturated heterocycles. The fraction of sp³-hybridized carbons (Fsp3) is 0.263. The molecule has 144 valence electrons. The van der Waals surface area contributed by atoms with Crippen LogP contribution >= 0.6 is 0 Å². The molecular weight excluding hydrogens is 368 g/mol. The fourth-order valence-corrected chi connectivity index (χ4v) is 3.81. The van der Waals surface area contributed by atoms with E-state index in [0.717, 1.165) is 10.5 Å². The highest BCUT2D eigenvalue weighted by molar-refractivity contribution is 7.92. The number of anilines is 1. The average molecular weight is 390 g/mol. The monoisotopic (exact) mass is 390 g/mol. The lowest BCUT2D eigenvalue weighted by Gasteiger charge is -2.22. The summed E-state index contributed by atoms with van der Waals surface area (Å²) in [5.41, 5.74) is 1.89. The van der Waals surface area contributed by atoms with Gasteiger partial charge in [-0.25, -0.2) is 13.2 Å². The number of carbonyl (C=O) groups excluding carboxylic acids is 1. The van der Waals surface area contributed by atoms with Gasteiger partial charge in [-0.3, -0.25) is 9.52 Å². The molecule has 0 aromatic heterocycles. The van der Waals surface area contributed by atoms with E-state index in [1.165, 1.54) is 32.2 Å². The molecule has 1 atom stereocenters. The van der Waals surface area contributed by atoms with E-state index in [4.69, 9.17) is 5.11 Å². The van der Waals surface area contributed by atoms with Crippen molar-refractivity contribution in [2.24, 2.45) is 0 Å². The van der Waals surface area contributed by atoms with Crippen molar-refractivity contribution >= 4 is 27.6 Å². The van der Waals surface area contributed by atoms with Crippen molar-refractivity contribution in [3.63, 3.8) is 0 Å². The number of benzene rings is 2. The lowest BCUT2D eigenvalue weighted by molar-refractivity contribution is -0.141. The van der Waals surface area contributed by atoms with Crippen LogP contribution in [0, 0.1) is 13.8 Å². The van der Waals surface area contributed by atoms with Crippen molar-refractivity contribution in [3.8, 4) is 0 Å². The molecule has 0 bridgehead atoms. The van der Waals surface area contributed by atoms with Gasteiger partial charge in [0.15, 0.2) is 0 Å². The zero-order valence-electron chi connectivity index (χ0n) is 15.6. The van der Waals surface area contributed by atoms with Crippen molar-refractivity contribution in [2.45, 2.75) is 31.7 Å². The van der Waals surface area contributed by atoms with Crippen molar-refractivity contribution < 1.29 is 23.1 Å². The quantitative estimate of drug-likeness (QED) is 0.789. The van der Waals surface area contributed by atoms with Crippen LogP contribution in [0.2, 0.25) is 0 Å². The second kappa shape index (κ2) is 7.79. The minimum atomic E-state index is -3.92. The SMILES string of the molecule is Cc1cccc(NS(=O)(=O)c2cc(C(=O)N(C)C(C)C(=O)O)ccc2C)c1. The third kappa shape index (κ3) is 4.65. The van der Waals surface area contributed by atoms with Crippen LogP contribution in [0.15, 0.2) is 47.4 Å². The van der Waals surface area contributed by atoms with Crippen LogP contribution in [0.25, 0.3) is 0 Å². The number of likely N-dealkylation sites (N-methyl/N-ethyl adjacent to an activating group) is 1. The van der Waals surface area contributed by atoms with Crippen molar-refractivity contribution in [3.05, 3.63) is 59.2 Å². The number of nitrogens with one attached hydrogen (secondary N) is 1. The Balaban J connectivity index is 2.39. The molecule has 0 radical (unpaired) electrons. The third-order valence-corrected chi connectivity index (χ3v) is 5.78. The molecule has 2 aromatic carbocycles. The molecular formula is C19H22N2O5S. The summed E-state index contributed by atoms with van der Waals surface area (Å²) >= 11 is 0. The molecule has 2 N–H and O–H groups in total. The van der Waals surface area contributed by atoms with Crippen LogP contribution in [0.4, 0.5) is 5.69 Å². The van der Waals surface area contributed by atoms with Crippen LogP contribution in [0.3, 0.4) is 0 Å². The topological polar surface area (TPSA) is 104 Å². The zero-order chi connectivity index (χ0) is 20.4. The van der Waals surface area contributed by atoms with Gasteiger partial charge in [0.1, 0.15) is 6.04 Å². The lowest BCUT2D eigenvalue weighted by atomic mass is 10.1. The summed E-state index contributed by atoms with van der Waals surface area (Å²) in [6.45, 7) is 4.86. The largest absolute Gasteiger partial charge is 0.480 e. The molecule has 27 heavy (non-hydrogen) atoms. The van der Waals surface area contributed by atoms with Crippen molar-refractivity contribution in [1.29, 1.82) is 0 Å². The predicted octanol–water partition coefficient (Wildman–Crippen LogP) is 2.65. The minimum Gasteiger partial charge on any atom is -0.480 e. The first-order valence-electron chi connectivity index (χ1n) is 8.23. The number of carboxylic acid groups (broad SMARTS) is 1. The Kier molecular flexibility index (Phi) is 5.90. The standard InChI is InChI=1S/C19H22N2O5S/c1-12-6-5-7-16(10-12)20-27(25,26)17-11-15(9-8-13(17)2)18(22)21(4)14(3)19(23)24/h5-11,14,20H,1-4H3,(H,23,24). The number of rotatable bonds is 6. The Labute approximate surface area is 158 Å². The highest BCUT2D eigenvalue weighted by Crippen LogP contribution is 2.22. The van der Waals surface area contributed by atoms with Crippen LogP contribution in [-0.2, 0) is 14.8 Å². The number of amides is 1. The van der Waals surface area contributed by atoms with Gasteiger partial charge in [0.2, 0.25) is 0 Å². The number of carboxylic acids is 1. The molecule has 0 heterocycles. The lowest BCUT2D eigenvalue weighted by Crippen LogP contribution is -2.40. The van der Waals surface area contributed by atoms with Crippen LogP contribution in [0.5, 0.6) is 0 Å². The van der Waals surface area contributed by atoms with E-state index in [9.17, 15) is 18.0 Å². The number of aliphatic carboxylic acids is 1. The predicted molar refractivity (Wildman–Crippen MR) is 102 cm³/mol. The van der Waals surface area contributed by atoms with Gasteiger partial charge in [0.25, 0.3) is 15.9 Å². The maximum atomic E-state index is 12.8. The van der Waals surface area contributed by atoms with Gasteiger partial charge in [0, 0.05) is 18.3 Å². The highest BCUT2D eigenvalue weighted by atomic mass is 32.2. The first-order chi connectivity index (χ1) is 12.5. The molecule has 7 nitrogen and oxygen atoms in total. The number of hydrogen-bond donors (Lipinski definition) is 2. The van der Waals surface area contributed by atoms with Crippen LogP contribution in [-0.4, -0.2) is 43.4 Å². The van der Waals surface area contributed by atoms with Gasteiger partial charge in [0.05, 0.1) is 4.90 Å². The Hall–Kier alpha value is -2.87. The number of sulfonamides is 1. The van der Waals surface area contributed by atoms with Gasteiger partial charge < -0.3 is 10.0 Å². The normalized spacial score (nSPS) is 12.3. The molecule has 2 rings (SSSR count). The van der Waals surface area contributed by atoms with Crippen molar-refractivity contribution in [2.75, 3.05) is 11.8 Å². The van der Waals surface area contributed by atoms with Gasteiger partial charge in [-0.2, -0.15) is 0 Å². The zero-order valence-corrected chi connectivity index (χ0v) is 16.4. The maximum absolute atomic E-state index is 12.8. The summed E-state index contributed by atoms with van der Waals surface area (Å²) in [5, 5.41) is 9.06. The number of hydrogen-bond acceptors (Lipinski definition) is 4. The minimum absolute atomic E-state index is 0.0359. The second-order valence-electron chi connectivity index (χ2n) is 6.39. The first-order valence-corrected chi connectivity index (χ1v) is 9.71. The Morgan fingerprint density at radius 1 is 1.11 bits per heavy atom. The molecule has 0 saturated carbocycles. The summed E-state index contributed by atoms with van der Waals surface area (Å²) in [4.78, 5) is 24.6. The molecule has 2 aromatic rings. The molecule has 1 unspecified atom stereocenters. The van der Waals surface area contributed by atoms with Crippen LogP contribution in [0.1, 0.15) is 28.4 Å². The second-order valence-corrected chi connectivity index (χ2v) is 8.04. The average Bonchev–Trinajstić information content (AvgIpc) is 2.59. The van der Waals surface area contributed by atoms with E-state index in [2.05, 4.69) is 4.72 Å². The van der Waals surface area contributed by atoms with E-state index >= 15 is 0 Å². The number of nitrogens with zero attached hydrogens (tertiary/aromatic N) is 1. The van der Waals surface area contributed by atoms with E-state index in [-0.39, 0.29) is 10.5 Å². The molecule has 8 heteroatoms. The van der Waals surface area contributed by atoms with E-state index in [1.54, 1.807) is 25.1 Å². The molecule has 0 fully saturated rings. The van der Waals surface area contributed by atoms with E-state index in [1.807, 2.05) is 13.0 Å². The van der Waals surface area contributed by atoms with Gasteiger partial charge >= 0.3 is 5.97 Å². The number of carbonyl (C=O) groups is 2. The highest BCUT2D eigenvalue weighted by Gasteiger charge is 2.25. The Morgan fingerprint density at radius 3 is 2.37 bits per heavy atom. The van der Waals surface area contributed by atoms with E-state index in [0.29, 0.717) is 11.3 Å². The summed E-state index contributed by atoms with van der Waals surface area (Å²) in [6, 6.07) is 10.2. The first kappa shape index (κ1) is 20.4. The Morgan fingerprint density at radius 2 is 1.78 bits per heavy atom. The molecule has 0 spiro atoms. The maximum Gasteiger partial charge on any atom is 0.326 e. The number of aryl methyl sites for hydroxylation is 2. The van der Waals surface area contributed by atoms with Crippen LogP contribution < -0.4 is 4.72 Å². The summed E-state index contributed by atoms with van der Waals surface area (Å²) < 4.78 is 28.1. The molecule has 1 amide bonds. The van der Waals surface area contributed by atoms with Crippen molar-refractivity contribution in [1.82, 2.24) is 4.90 Å². The van der Waals surface area contributed by atoms with Gasteiger partial charge in [-0.05, 0) is 56.2 Å². The molecule has 0 aliphatic heterocycles. The summed E-state index contributed by atoms with van der Waals surface area (Å²) in [7, 11) is -2.55. The summed E-state index contributed by atoms with van der Waals surface area (Å²) in [5.74, 6) is -1.72. The van der Waals surface area contributed by atoms with Gasteiger partial charge in [-0.1, -0.05) is 18.2 Å². The third-order valence-electron chi connectivity index (χ3n) is 4.25. The van der Waals surface area contributed by atoms with E-state index < -0.39 is 27.9 Å².